The number of nitrogens with zero attached hydrogens (tertiary/aromatic N) is 1. The first-order valence-electron chi connectivity index (χ1n) is 6.96. The zero-order valence-electron chi connectivity index (χ0n) is 12.0. The number of methoxy groups -OCH3 is 1. The molecule has 0 bridgehead atoms. The minimum absolute atomic E-state index is 0.596. The number of nitrogens with one attached hydrogen (secondary N) is 1. The van der Waals surface area contributed by atoms with Gasteiger partial charge in [-0.05, 0) is 30.5 Å². The Bertz CT molecular complexity index is 431. The van der Waals surface area contributed by atoms with Gasteiger partial charge in [-0.15, -0.1) is 6.58 Å². The monoisotopic (exact) mass is 260 g/mol. The van der Waals surface area contributed by atoms with E-state index in [1.54, 1.807) is 7.11 Å². The number of piperazine rings is 1. The van der Waals surface area contributed by atoms with Gasteiger partial charge in [-0.3, -0.25) is 4.90 Å². The predicted molar refractivity (Wildman–Crippen MR) is 79.6 cm³/mol. The Morgan fingerprint density at radius 2 is 2.37 bits per heavy atom. The van der Waals surface area contributed by atoms with Crippen LogP contribution in [0.3, 0.4) is 0 Å². The van der Waals surface area contributed by atoms with E-state index in [1.165, 1.54) is 11.1 Å². The van der Waals surface area contributed by atoms with Crippen LogP contribution in [-0.2, 0) is 13.0 Å². The van der Waals surface area contributed by atoms with Crippen LogP contribution in [0, 0.1) is 0 Å². The smallest absolute Gasteiger partial charge is 0.122 e. The van der Waals surface area contributed by atoms with Crippen molar-refractivity contribution in [3.8, 4) is 5.75 Å². The van der Waals surface area contributed by atoms with E-state index in [2.05, 4.69) is 41.9 Å². The number of benzene rings is 1. The second-order valence-corrected chi connectivity index (χ2v) is 5.16. The van der Waals surface area contributed by atoms with Gasteiger partial charge in [0.05, 0.1) is 7.11 Å². The fourth-order valence-electron chi connectivity index (χ4n) is 2.60. The van der Waals surface area contributed by atoms with Gasteiger partial charge in [0, 0.05) is 32.2 Å². The summed E-state index contributed by atoms with van der Waals surface area (Å²) >= 11 is 0. The van der Waals surface area contributed by atoms with Gasteiger partial charge in [-0.1, -0.05) is 18.2 Å². The van der Waals surface area contributed by atoms with Crippen molar-refractivity contribution >= 4 is 0 Å². The van der Waals surface area contributed by atoms with Crippen LogP contribution in [0.2, 0.25) is 0 Å². The summed E-state index contributed by atoms with van der Waals surface area (Å²) in [4.78, 5) is 2.52. The Balaban J connectivity index is 2.11. The van der Waals surface area contributed by atoms with Crippen molar-refractivity contribution in [3.63, 3.8) is 0 Å². The topological polar surface area (TPSA) is 24.5 Å². The highest BCUT2D eigenvalue weighted by atomic mass is 16.5. The third kappa shape index (κ3) is 3.58. The largest absolute Gasteiger partial charge is 0.496 e. The lowest BCUT2D eigenvalue weighted by Crippen LogP contribution is -2.49. The molecule has 1 aromatic carbocycles. The van der Waals surface area contributed by atoms with Crippen LogP contribution in [0.25, 0.3) is 0 Å². The molecule has 1 aliphatic heterocycles. The molecule has 3 heteroatoms. The molecule has 0 aromatic heterocycles. The first-order chi connectivity index (χ1) is 9.24. The third-order valence-corrected chi connectivity index (χ3v) is 3.73. The van der Waals surface area contributed by atoms with Crippen LogP contribution in [0.5, 0.6) is 5.75 Å². The van der Waals surface area contributed by atoms with Crippen LogP contribution in [0.1, 0.15) is 18.1 Å². The molecule has 3 nitrogen and oxygen atoms in total. The van der Waals surface area contributed by atoms with E-state index in [9.17, 15) is 0 Å². The van der Waals surface area contributed by atoms with Crippen LogP contribution in [-0.4, -0.2) is 37.7 Å². The standard InChI is InChI=1S/C16H24N2O/c1-4-5-15-10-14(6-7-16(15)19-3)12-18-9-8-17-11-13(18)2/h4,6-7,10,13,17H,1,5,8-9,11-12H2,2-3H3. The number of allylic oxidation sites excluding steroid dienone is 1. The fourth-order valence-corrected chi connectivity index (χ4v) is 2.60. The van der Waals surface area contributed by atoms with Crippen LogP contribution in [0.15, 0.2) is 30.9 Å². The van der Waals surface area contributed by atoms with Crippen LogP contribution in [0.4, 0.5) is 0 Å². The van der Waals surface area contributed by atoms with Gasteiger partial charge < -0.3 is 10.1 Å². The van der Waals surface area contributed by atoms with Crippen molar-refractivity contribution in [2.75, 3.05) is 26.7 Å². The molecule has 0 spiro atoms. The molecule has 1 N–H and O–H groups in total. The predicted octanol–water partition coefficient (Wildman–Crippen LogP) is 2.22. The summed E-state index contributed by atoms with van der Waals surface area (Å²) < 4.78 is 5.39. The molecule has 0 aliphatic carbocycles. The van der Waals surface area contributed by atoms with Crippen LogP contribution < -0.4 is 10.1 Å². The average molecular weight is 260 g/mol. The normalized spacial score (nSPS) is 20.2. The lowest BCUT2D eigenvalue weighted by atomic mass is 10.1. The summed E-state index contributed by atoms with van der Waals surface area (Å²) in [5, 5.41) is 3.43. The molecule has 0 amide bonds. The third-order valence-electron chi connectivity index (χ3n) is 3.73. The van der Waals surface area contributed by atoms with E-state index < -0.39 is 0 Å². The zero-order valence-corrected chi connectivity index (χ0v) is 12.0. The maximum atomic E-state index is 5.39. The molecule has 1 atom stereocenters. The van der Waals surface area contributed by atoms with E-state index in [0.717, 1.165) is 38.3 Å². The Morgan fingerprint density at radius 1 is 1.53 bits per heavy atom. The van der Waals surface area contributed by atoms with E-state index in [0.29, 0.717) is 6.04 Å². The summed E-state index contributed by atoms with van der Waals surface area (Å²) in [6.07, 6.45) is 2.78. The lowest BCUT2D eigenvalue weighted by molar-refractivity contribution is 0.165. The highest BCUT2D eigenvalue weighted by molar-refractivity contribution is 5.38. The van der Waals surface area contributed by atoms with Crippen molar-refractivity contribution in [1.82, 2.24) is 10.2 Å². The summed E-state index contributed by atoms with van der Waals surface area (Å²) in [7, 11) is 1.72. The van der Waals surface area contributed by atoms with E-state index in [1.807, 2.05) is 6.08 Å². The van der Waals surface area contributed by atoms with Gasteiger partial charge >= 0.3 is 0 Å². The van der Waals surface area contributed by atoms with Crippen molar-refractivity contribution in [2.24, 2.45) is 0 Å². The fraction of sp³-hybridized carbons (Fsp3) is 0.500. The van der Waals surface area contributed by atoms with Gasteiger partial charge in [0.15, 0.2) is 0 Å². The van der Waals surface area contributed by atoms with Gasteiger partial charge in [0.1, 0.15) is 5.75 Å². The molecular formula is C16H24N2O. The zero-order chi connectivity index (χ0) is 13.7. The summed E-state index contributed by atoms with van der Waals surface area (Å²) in [5.41, 5.74) is 2.57. The van der Waals surface area contributed by atoms with E-state index in [-0.39, 0.29) is 0 Å². The van der Waals surface area contributed by atoms with Crippen molar-refractivity contribution in [2.45, 2.75) is 25.9 Å². The first-order valence-corrected chi connectivity index (χ1v) is 6.96. The Morgan fingerprint density at radius 3 is 3.05 bits per heavy atom. The molecule has 0 radical (unpaired) electrons. The lowest BCUT2D eigenvalue weighted by Gasteiger charge is -2.34. The molecule has 1 fully saturated rings. The molecule has 19 heavy (non-hydrogen) atoms. The van der Waals surface area contributed by atoms with Crippen molar-refractivity contribution in [3.05, 3.63) is 42.0 Å². The highest BCUT2D eigenvalue weighted by Gasteiger charge is 2.18. The molecule has 0 saturated carbocycles. The van der Waals surface area contributed by atoms with Gasteiger partial charge in [0.25, 0.3) is 0 Å². The molecule has 1 aromatic rings. The Kier molecular flexibility index (Phi) is 5.00. The summed E-state index contributed by atoms with van der Waals surface area (Å²) in [5.74, 6) is 0.956. The maximum absolute atomic E-state index is 5.39. The maximum Gasteiger partial charge on any atom is 0.122 e. The molecule has 1 saturated heterocycles. The minimum Gasteiger partial charge on any atom is -0.496 e. The molecule has 2 rings (SSSR count). The highest BCUT2D eigenvalue weighted by Crippen LogP contribution is 2.22. The van der Waals surface area contributed by atoms with Crippen molar-refractivity contribution < 1.29 is 4.74 Å². The number of hydrogen-bond acceptors (Lipinski definition) is 3. The van der Waals surface area contributed by atoms with Gasteiger partial charge in [-0.25, -0.2) is 0 Å². The number of rotatable bonds is 5. The van der Waals surface area contributed by atoms with Crippen molar-refractivity contribution in [1.29, 1.82) is 0 Å². The molecule has 1 unspecified atom stereocenters. The summed E-state index contributed by atoms with van der Waals surface area (Å²) in [6.45, 7) is 10.4. The average Bonchev–Trinajstić information content (AvgIpc) is 2.42. The number of hydrogen-bond donors (Lipinski definition) is 1. The molecular weight excluding hydrogens is 236 g/mol. The Hall–Kier alpha value is -1.32. The number of ether oxygens (including phenoxy) is 1. The van der Waals surface area contributed by atoms with E-state index >= 15 is 0 Å². The molecule has 104 valence electrons. The van der Waals surface area contributed by atoms with Crippen LogP contribution >= 0.6 is 0 Å². The quantitative estimate of drug-likeness (QED) is 0.822. The van der Waals surface area contributed by atoms with E-state index in [4.69, 9.17) is 4.74 Å². The molecule has 1 heterocycles. The Labute approximate surface area is 116 Å². The molecule has 1 aliphatic rings. The second kappa shape index (κ2) is 6.73. The van der Waals surface area contributed by atoms with Gasteiger partial charge in [0.2, 0.25) is 0 Å². The second-order valence-electron chi connectivity index (χ2n) is 5.16. The minimum atomic E-state index is 0.596. The first kappa shape index (κ1) is 14.1. The van der Waals surface area contributed by atoms with Gasteiger partial charge in [-0.2, -0.15) is 0 Å². The SMILES string of the molecule is C=CCc1cc(CN2CCNCC2C)ccc1OC. The summed E-state index contributed by atoms with van der Waals surface area (Å²) in [6, 6.07) is 7.08.